The van der Waals surface area contributed by atoms with Crippen LogP contribution in [0.4, 0.5) is 0 Å². The second-order valence-corrected chi connectivity index (χ2v) is 4.12. The number of hydrogen-bond donors (Lipinski definition) is 3. The van der Waals surface area contributed by atoms with E-state index in [0.29, 0.717) is 25.2 Å². The smallest absolute Gasteiger partial charge is 0.0698 e. The van der Waals surface area contributed by atoms with E-state index in [9.17, 15) is 5.11 Å². The fourth-order valence-electron chi connectivity index (χ4n) is 2.18. The van der Waals surface area contributed by atoms with Crippen molar-refractivity contribution in [3.63, 3.8) is 0 Å². The zero-order valence-corrected chi connectivity index (χ0v) is 9.32. The number of ether oxygens (including phenoxy) is 1. The molecule has 0 heterocycles. The summed E-state index contributed by atoms with van der Waals surface area (Å²) in [6.45, 7) is 2.23. The largest absolute Gasteiger partial charge is 0.396 e. The topological polar surface area (TPSA) is 61.7 Å². The first-order valence-electron chi connectivity index (χ1n) is 5.91. The highest BCUT2D eigenvalue weighted by molar-refractivity contribution is 4.80. The number of aliphatic hydroxyl groups is 2. The molecule has 2 unspecified atom stereocenters. The Bertz CT molecular complexity index is 155. The second-order valence-electron chi connectivity index (χ2n) is 4.12. The molecule has 2 atom stereocenters. The van der Waals surface area contributed by atoms with Crippen LogP contribution in [-0.4, -0.2) is 49.2 Å². The number of hydrogen-bond acceptors (Lipinski definition) is 4. The van der Waals surface area contributed by atoms with Crippen LogP contribution in [0.15, 0.2) is 0 Å². The summed E-state index contributed by atoms with van der Waals surface area (Å²) in [5, 5.41) is 21.1. The van der Waals surface area contributed by atoms with Gasteiger partial charge < -0.3 is 20.3 Å². The lowest BCUT2D eigenvalue weighted by molar-refractivity contribution is 0.0866. The van der Waals surface area contributed by atoms with Crippen LogP contribution in [0, 0.1) is 5.92 Å². The van der Waals surface area contributed by atoms with Gasteiger partial charge in [-0.05, 0) is 18.8 Å². The molecule has 0 spiro atoms. The van der Waals surface area contributed by atoms with Gasteiger partial charge in [0.2, 0.25) is 0 Å². The lowest BCUT2D eigenvalue weighted by Gasteiger charge is -2.31. The minimum absolute atomic E-state index is 0.0860. The molecule has 0 saturated heterocycles. The van der Waals surface area contributed by atoms with Gasteiger partial charge >= 0.3 is 0 Å². The highest BCUT2D eigenvalue weighted by Gasteiger charge is 2.23. The van der Waals surface area contributed by atoms with Crippen LogP contribution >= 0.6 is 0 Å². The molecule has 4 heteroatoms. The molecule has 1 fully saturated rings. The molecule has 3 N–H and O–H groups in total. The molecule has 4 nitrogen and oxygen atoms in total. The second kappa shape index (κ2) is 8.05. The van der Waals surface area contributed by atoms with Crippen molar-refractivity contribution in [2.75, 3.05) is 33.0 Å². The average Bonchev–Trinajstić information content (AvgIpc) is 2.29. The zero-order chi connectivity index (χ0) is 10.9. The van der Waals surface area contributed by atoms with E-state index >= 15 is 0 Å². The summed E-state index contributed by atoms with van der Waals surface area (Å²) < 4.78 is 5.17. The van der Waals surface area contributed by atoms with E-state index < -0.39 is 0 Å². The Kier molecular flexibility index (Phi) is 6.92. The Hall–Kier alpha value is -0.160. The fraction of sp³-hybridized carbons (Fsp3) is 1.00. The molecule has 90 valence electrons. The van der Waals surface area contributed by atoms with Crippen molar-refractivity contribution in [3.05, 3.63) is 0 Å². The average molecular weight is 217 g/mol. The van der Waals surface area contributed by atoms with E-state index in [4.69, 9.17) is 9.84 Å². The van der Waals surface area contributed by atoms with Gasteiger partial charge in [0.05, 0.1) is 19.8 Å². The van der Waals surface area contributed by atoms with E-state index in [0.717, 1.165) is 19.4 Å². The third-order valence-corrected chi connectivity index (χ3v) is 3.03. The van der Waals surface area contributed by atoms with Gasteiger partial charge in [-0.1, -0.05) is 12.8 Å². The Morgan fingerprint density at radius 1 is 1.13 bits per heavy atom. The first-order chi connectivity index (χ1) is 7.38. The molecule has 0 aromatic rings. The van der Waals surface area contributed by atoms with Crippen LogP contribution in [0.3, 0.4) is 0 Å². The molecule has 1 aliphatic carbocycles. The number of nitrogens with one attached hydrogen (secondary N) is 1. The molecular formula is C11H23NO3. The molecule has 0 bridgehead atoms. The predicted molar refractivity (Wildman–Crippen MR) is 58.7 cm³/mol. The van der Waals surface area contributed by atoms with Crippen LogP contribution in [0.25, 0.3) is 0 Å². The van der Waals surface area contributed by atoms with Crippen molar-refractivity contribution in [2.45, 2.75) is 31.7 Å². The van der Waals surface area contributed by atoms with Gasteiger partial charge in [0, 0.05) is 19.2 Å². The maximum Gasteiger partial charge on any atom is 0.0698 e. The van der Waals surface area contributed by atoms with E-state index in [1.165, 1.54) is 12.8 Å². The first-order valence-corrected chi connectivity index (χ1v) is 5.91. The fourth-order valence-corrected chi connectivity index (χ4v) is 2.18. The molecule has 0 aromatic carbocycles. The van der Waals surface area contributed by atoms with Gasteiger partial charge in [0.1, 0.15) is 0 Å². The highest BCUT2D eigenvalue weighted by atomic mass is 16.5. The maximum atomic E-state index is 9.20. The van der Waals surface area contributed by atoms with Crippen molar-refractivity contribution < 1.29 is 14.9 Å². The monoisotopic (exact) mass is 217 g/mol. The molecule has 15 heavy (non-hydrogen) atoms. The molecule has 1 aliphatic rings. The van der Waals surface area contributed by atoms with Gasteiger partial charge in [0.15, 0.2) is 0 Å². The number of aliphatic hydroxyl groups excluding tert-OH is 2. The molecule has 1 rings (SSSR count). The summed E-state index contributed by atoms with van der Waals surface area (Å²) in [4.78, 5) is 0. The summed E-state index contributed by atoms with van der Waals surface area (Å²) in [6, 6.07) is 0.446. The lowest BCUT2D eigenvalue weighted by atomic mass is 9.85. The molecule has 0 amide bonds. The molecular weight excluding hydrogens is 194 g/mol. The van der Waals surface area contributed by atoms with E-state index in [1.54, 1.807) is 0 Å². The van der Waals surface area contributed by atoms with Crippen LogP contribution < -0.4 is 5.32 Å². The summed E-state index contributed by atoms with van der Waals surface area (Å²) in [7, 11) is 0. The third kappa shape index (κ3) is 4.93. The molecule has 0 radical (unpaired) electrons. The lowest BCUT2D eigenvalue weighted by Crippen LogP contribution is -2.41. The van der Waals surface area contributed by atoms with Crippen molar-refractivity contribution >= 4 is 0 Å². The predicted octanol–water partition coefficient (Wildman–Crippen LogP) is 0.136. The third-order valence-electron chi connectivity index (χ3n) is 3.03. The van der Waals surface area contributed by atoms with Gasteiger partial charge in [0.25, 0.3) is 0 Å². The normalized spacial score (nSPS) is 26.8. The van der Waals surface area contributed by atoms with Crippen LogP contribution in [-0.2, 0) is 4.74 Å². The van der Waals surface area contributed by atoms with Crippen LogP contribution in [0.2, 0.25) is 0 Å². The van der Waals surface area contributed by atoms with Gasteiger partial charge in [-0.3, -0.25) is 0 Å². The first kappa shape index (κ1) is 12.9. The van der Waals surface area contributed by atoms with Gasteiger partial charge in [-0.2, -0.15) is 0 Å². The van der Waals surface area contributed by atoms with E-state index in [1.807, 2.05) is 0 Å². The van der Waals surface area contributed by atoms with Crippen LogP contribution in [0.1, 0.15) is 25.7 Å². The van der Waals surface area contributed by atoms with Crippen molar-refractivity contribution in [1.29, 1.82) is 0 Å². The van der Waals surface area contributed by atoms with Crippen molar-refractivity contribution in [1.82, 2.24) is 5.32 Å². The standard InChI is InChI=1S/C11H23NO3/c13-6-8-15-7-5-12-11-4-2-1-3-10(11)9-14/h10-14H,1-9H2. The Labute approximate surface area is 91.6 Å². The summed E-state index contributed by atoms with van der Waals surface area (Å²) in [5.41, 5.74) is 0. The Morgan fingerprint density at radius 2 is 1.93 bits per heavy atom. The summed E-state index contributed by atoms with van der Waals surface area (Å²) in [6.07, 6.45) is 4.78. The van der Waals surface area contributed by atoms with E-state index in [-0.39, 0.29) is 13.2 Å². The summed E-state index contributed by atoms with van der Waals surface area (Å²) in [5.74, 6) is 0.414. The molecule has 1 saturated carbocycles. The molecule has 0 aromatic heterocycles. The zero-order valence-electron chi connectivity index (χ0n) is 9.32. The Morgan fingerprint density at radius 3 is 2.67 bits per heavy atom. The quantitative estimate of drug-likeness (QED) is 0.531. The Balaban J connectivity index is 2.07. The van der Waals surface area contributed by atoms with E-state index in [2.05, 4.69) is 5.32 Å². The van der Waals surface area contributed by atoms with Crippen molar-refractivity contribution in [2.24, 2.45) is 5.92 Å². The molecule has 0 aliphatic heterocycles. The van der Waals surface area contributed by atoms with Crippen molar-refractivity contribution in [3.8, 4) is 0 Å². The maximum absolute atomic E-state index is 9.20. The van der Waals surface area contributed by atoms with Gasteiger partial charge in [-0.25, -0.2) is 0 Å². The minimum atomic E-state index is 0.0860. The minimum Gasteiger partial charge on any atom is -0.396 e. The highest BCUT2D eigenvalue weighted by Crippen LogP contribution is 2.23. The SMILES string of the molecule is OCCOCCNC1CCCCC1CO. The van der Waals surface area contributed by atoms with Crippen LogP contribution in [0.5, 0.6) is 0 Å². The summed E-state index contributed by atoms with van der Waals surface area (Å²) >= 11 is 0. The van der Waals surface area contributed by atoms with Gasteiger partial charge in [-0.15, -0.1) is 0 Å². The number of rotatable bonds is 7.